The molecule has 1 aliphatic rings. The molecule has 1 unspecified atom stereocenters. The molecule has 172 valence electrons. The highest BCUT2D eigenvalue weighted by Crippen LogP contribution is 2.22. The molecule has 30 heavy (non-hydrogen) atoms. The number of carbonyl (C=O) groups excluding carboxylic acids is 1. The zero-order valence-electron chi connectivity index (χ0n) is 19.4. The maximum atomic E-state index is 12.3. The molecule has 0 spiro atoms. The van der Waals surface area contributed by atoms with Crippen LogP contribution in [-0.4, -0.2) is 54.2 Å². The number of nitrogens with one attached hydrogen (secondary N) is 2. The fraction of sp³-hybridized carbons (Fsp3) is 0.762. The van der Waals surface area contributed by atoms with Gasteiger partial charge in [-0.05, 0) is 39.5 Å². The lowest BCUT2D eigenvalue weighted by Crippen LogP contribution is -2.47. The summed E-state index contributed by atoms with van der Waals surface area (Å²) in [6, 6.07) is 0. The van der Waals surface area contributed by atoms with Crippen molar-refractivity contribution in [2.75, 3.05) is 26.7 Å². The number of amides is 1. The van der Waals surface area contributed by atoms with Crippen molar-refractivity contribution in [3.8, 4) is 0 Å². The van der Waals surface area contributed by atoms with Crippen LogP contribution >= 0.6 is 24.0 Å². The van der Waals surface area contributed by atoms with E-state index in [1.165, 1.54) is 0 Å². The summed E-state index contributed by atoms with van der Waals surface area (Å²) in [5.74, 6) is 2.53. The average Bonchev–Trinajstić information content (AvgIpc) is 3.10. The molecular formula is C21H38IN5O3. The van der Waals surface area contributed by atoms with Crippen LogP contribution in [0.4, 0.5) is 4.79 Å². The van der Waals surface area contributed by atoms with Crippen molar-refractivity contribution < 1.29 is 13.9 Å². The zero-order chi connectivity index (χ0) is 21.7. The number of rotatable bonds is 4. The maximum Gasteiger partial charge on any atom is 0.410 e. The highest BCUT2D eigenvalue weighted by atomic mass is 127. The standard InChI is InChI=1S/C21H37N5O3.HI/c1-20(2,3)16-12-23-17(28-16)13-25-18(22-7)24-11-15-9-8-10-26(14-15)19(27)29-21(4,5)6;/h12,15H,8-11,13-14H2,1-7H3,(H2,22,24,25);1H. The summed E-state index contributed by atoms with van der Waals surface area (Å²) in [4.78, 5) is 22.7. The number of guanidine groups is 1. The fourth-order valence-electron chi connectivity index (χ4n) is 3.08. The fourth-order valence-corrected chi connectivity index (χ4v) is 3.08. The Bertz CT molecular complexity index is 706. The summed E-state index contributed by atoms with van der Waals surface area (Å²) in [5, 5.41) is 6.58. The number of hydrogen-bond donors (Lipinski definition) is 2. The van der Waals surface area contributed by atoms with Gasteiger partial charge in [-0.2, -0.15) is 0 Å². The van der Waals surface area contributed by atoms with Gasteiger partial charge in [0.25, 0.3) is 0 Å². The first kappa shape index (κ1) is 26.5. The zero-order valence-corrected chi connectivity index (χ0v) is 21.7. The molecule has 1 amide bonds. The molecular weight excluding hydrogens is 497 g/mol. The van der Waals surface area contributed by atoms with Gasteiger partial charge in [0.2, 0.25) is 5.89 Å². The monoisotopic (exact) mass is 535 g/mol. The second-order valence-electron chi connectivity index (χ2n) is 9.61. The number of likely N-dealkylation sites (tertiary alicyclic amines) is 1. The molecule has 9 heteroatoms. The largest absolute Gasteiger partial charge is 0.444 e. The van der Waals surface area contributed by atoms with E-state index in [-0.39, 0.29) is 35.5 Å². The summed E-state index contributed by atoms with van der Waals surface area (Å²) < 4.78 is 11.3. The number of piperidine rings is 1. The Morgan fingerprint density at radius 3 is 2.57 bits per heavy atom. The average molecular weight is 535 g/mol. The molecule has 1 fully saturated rings. The first-order valence-electron chi connectivity index (χ1n) is 10.4. The lowest BCUT2D eigenvalue weighted by molar-refractivity contribution is 0.0168. The third-order valence-corrected chi connectivity index (χ3v) is 4.65. The summed E-state index contributed by atoms with van der Waals surface area (Å²) in [7, 11) is 1.74. The van der Waals surface area contributed by atoms with E-state index < -0.39 is 5.60 Å². The van der Waals surface area contributed by atoms with Crippen LogP contribution in [0.25, 0.3) is 0 Å². The number of halogens is 1. The van der Waals surface area contributed by atoms with Crippen molar-refractivity contribution in [2.24, 2.45) is 10.9 Å². The lowest BCUT2D eigenvalue weighted by Gasteiger charge is -2.34. The molecule has 1 aromatic rings. The van der Waals surface area contributed by atoms with Crippen LogP contribution in [0.5, 0.6) is 0 Å². The van der Waals surface area contributed by atoms with Gasteiger partial charge in [-0.1, -0.05) is 20.8 Å². The second kappa shape index (κ2) is 11.2. The second-order valence-corrected chi connectivity index (χ2v) is 9.61. The Hall–Kier alpha value is -1.52. The summed E-state index contributed by atoms with van der Waals surface area (Å²) in [6.07, 6.45) is 3.59. The molecule has 2 N–H and O–H groups in total. The normalized spacial score (nSPS) is 17.9. The molecule has 0 aromatic carbocycles. The van der Waals surface area contributed by atoms with Crippen molar-refractivity contribution >= 4 is 36.0 Å². The molecule has 1 aromatic heterocycles. The highest BCUT2D eigenvalue weighted by Gasteiger charge is 2.27. The minimum atomic E-state index is -0.471. The Balaban J connectivity index is 0.00000450. The van der Waals surface area contributed by atoms with Crippen LogP contribution in [-0.2, 0) is 16.7 Å². The van der Waals surface area contributed by atoms with Crippen LogP contribution in [0.15, 0.2) is 15.6 Å². The third kappa shape index (κ3) is 8.69. The lowest BCUT2D eigenvalue weighted by atomic mass is 9.94. The van der Waals surface area contributed by atoms with Gasteiger partial charge in [-0.25, -0.2) is 9.78 Å². The van der Waals surface area contributed by atoms with Gasteiger partial charge >= 0.3 is 6.09 Å². The topological polar surface area (TPSA) is 92.0 Å². The number of aliphatic imine (C=N–C) groups is 1. The van der Waals surface area contributed by atoms with E-state index in [1.54, 1.807) is 18.1 Å². The number of nitrogens with zero attached hydrogens (tertiary/aromatic N) is 3. The third-order valence-electron chi connectivity index (χ3n) is 4.65. The number of carbonyl (C=O) groups is 1. The summed E-state index contributed by atoms with van der Waals surface area (Å²) in [6.45, 7) is 14.6. The minimum absolute atomic E-state index is 0. The van der Waals surface area contributed by atoms with Gasteiger partial charge in [0.1, 0.15) is 11.4 Å². The number of hydrogen-bond acceptors (Lipinski definition) is 5. The molecule has 8 nitrogen and oxygen atoms in total. The molecule has 0 bridgehead atoms. The molecule has 2 rings (SSSR count). The number of oxazole rings is 1. The first-order chi connectivity index (χ1) is 13.5. The van der Waals surface area contributed by atoms with Crippen molar-refractivity contribution in [3.63, 3.8) is 0 Å². The van der Waals surface area contributed by atoms with Crippen molar-refractivity contribution in [1.29, 1.82) is 0 Å². The predicted molar refractivity (Wildman–Crippen MR) is 129 cm³/mol. The molecule has 1 atom stereocenters. The minimum Gasteiger partial charge on any atom is -0.444 e. The molecule has 2 heterocycles. The van der Waals surface area contributed by atoms with Gasteiger partial charge in [-0.15, -0.1) is 24.0 Å². The van der Waals surface area contributed by atoms with Crippen LogP contribution in [0, 0.1) is 5.92 Å². The molecule has 0 saturated carbocycles. The quantitative estimate of drug-likeness (QED) is 0.345. The molecule has 0 aliphatic carbocycles. The van der Waals surface area contributed by atoms with Crippen molar-refractivity contribution in [1.82, 2.24) is 20.5 Å². The number of ether oxygens (including phenoxy) is 1. The molecule has 1 aliphatic heterocycles. The maximum absolute atomic E-state index is 12.3. The van der Waals surface area contributed by atoms with Gasteiger partial charge in [0.05, 0.1) is 12.7 Å². The molecule has 0 radical (unpaired) electrons. The van der Waals surface area contributed by atoms with Gasteiger partial charge in [-0.3, -0.25) is 4.99 Å². The Morgan fingerprint density at radius 1 is 1.30 bits per heavy atom. The Labute approximate surface area is 197 Å². The Kier molecular flexibility index (Phi) is 9.90. The number of aromatic nitrogens is 1. The van der Waals surface area contributed by atoms with Gasteiger partial charge in [0, 0.05) is 32.1 Å². The van der Waals surface area contributed by atoms with Crippen LogP contribution in [0.1, 0.15) is 66.0 Å². The van der Waals surface area contributed by atoms with Gasteiger partial charge < -0.3 is 24.7 Å². The van der Waals surface area contributed by atoms with E-state index in [1.807, 2.05) is 20.8 Å². The van der Waals surface area contributed by atoms with Crippen LogP contribution in [0.3, 0.4) is 0 Å². The van der Waals surface area contributed by atoms with E-state index in [0.29, 0.717) is 30.9 Å². The van der Waals surface area contributed by atoms with Crippen molar-refractivity contribution in [3.05, 3.63) is 17.8 Å². The van der Waals surface area contributed by atoms with Crippen LogP contribution in [0.2, 0.25) is 0 Å². The van der Waals surface area contributed by atoms with E-state index in [2.05, 4.69) is 41.4 Å². The smallest absolute Gasteiger partial charge is 0.410 e. The SMILES string of the molecule is CN=C(NCc1ncc(C(C)(C)C)o1)NCC1CCCN(C(=O)OC(C)(C)C)C1.I. The highest BCUT2D eigenvalue weighted by molar-refractivity contribution is 14.0. The van der Waals surface area contributed by atoms with Crippen molar-refractivity contribution in [2.45, 2.75) is 71.9 Å². The Morgan fingerprint density at radius 2 is 2.00 bits per heavy atom. The first-order valence-corrected chi connectivity index (χ1v) is 10.4. The van der Waals surface area contributed by atoms with Crippen LogP contribution < -0.4 is 10.6 Å². The van der Waals surface area contributed by atoms with Gasteiger partial charge in [0.15, 0.2) is 5.96 Å². The predicted octanol–water partition coefficient (Wildman–Crippen LogP) is 3.90. The summed E-state index contributed by atoms with van der Waals surface area (Å²) in [5.41, 5.74) is -0.535. The molecule has 1 saturated heterocycles. The van der Waals surface area contributed by atoms with E-state index in [0.717, 1.165) is 31.7 Å². The summed E-state index contributed by atoms with van der Waals surface area (Å²) >= 11 is 0. The van der Waals surface area contributed by atoms with E-state index in [9.17, 15) is 4.79 Å². The van der Waals surface area contributed by atoms with E-state index >= 15 is 0 Å². The van der Waals surface area contributed by atoms with E-state index in [4.69, 9.17) is 9.15 Å².